The molecule has 0 spiro atoms. The molecule has 4 rings (SSSR count). The van der Waals surface area contributed by atoms with Gasteiger partial charge in [-0.15, -0.1) is 0 Å². The van der Waals surface area contributed by atoms with Crippen LogP contribution in [0, 0.1) is 0 Å². The molecule has 0 bridgehead atoms. The molecule has 0 aromatic heterocycles. The minimum atomic E-state index is 0.0228. The first-order valence-electron chi connectivity index (χ1n) is 8.59. The molecule has 1 aliphatic heterocycles. The SMILES string of the molecule is O=C1c2c(Cl)cccc2CN1CCc1ccc(Oc2ccccc2)cc1. The summed E-state index contributed by atoms with van der Waals surface area (Å²) < 4.78 is 5.80. The number of benzene rings is 3. The molecule has 1 heterocycles. The number of para-hydroxylation sites is 1. The minimum absolute atomic E-state index is 0.0228. The largest absolute Gasteiger partial charge is 0.457 e. The van der Waals surface area contributed by atoms with Gasteiger partial charge in [-0.1, -0.05) is 54.1 Å². The lowest BCUT2D eigenvalue weighted by Crippen LogP contribution is -2.26. The van der Waals surface area contributed by atoms with Crippen LogP contribution in [0.15, 0.2) is 72.8 Å². The molecule has 1 amide bonds. The summed E-state index contributed by atoms with van der Waals surface area (Å²) in [5, 5.41) is 0.539. The van der Waals surface area contributed by atoms with Crippen molar-refractivity contribution in [2.75, 3.05) is 6.54 Å². The summed E-state index contributed by atoms with van der Waals surface area (Å²) in [7, 11) is 0. The second-order valence-electron chi connectivity index (χ2n) is 6.31. The second kappa shape index (κ2) is 7.22. The molecular formula is C22H18ClNO2. The average Bonchev–Trinajstić information content (AvgIpc) is 2.99. The van der Waals surface area contributed by atoms with Crippen molar-refractivity contribution in [3.05, 3.63) is 94.5 Å². The van der Waals surface area contributed by atoms with E-state index in [2.05, 4.69) is 0 Å². The Balaban J connectivity index is 1.37. The molecule has 3 aromatic carbocycles. The molecule has 3 nitrogen and oxygen atoms in total. The summed E-state index contributed by atoms with van der Waals surface area (Å²) in [4.78, 5) is 14.4. The number of hydrogen-bond donors (Lipinski definition) is 0. The topological polar surface area (TPSA) is 29.5 Å². The van der Waals surface area contributed by atoms with Gasteiger partial charge < -0.3 is 9.64 Å². The quantitative estimate of drug-likeness (QED) is 0.613. The van der Waals surface area contributed by atoms with Gasteiger partial charge in [-0.25, -0.2) is 0 Å². The van der Waals surface area contributed by atoms with Crippen LogP contribution in [0.5, 0.6) is 11.5 Å². The number of rotatable bonds is 5. The first-order chi connectivity index (χ1) is 12.7. The van der Waals surface area contributed by atoms with Gasteiger partial charge in [0.1, 0.15) is 11.5 Å². The molecule has 0 aliphatic carbocycles. The number of hydrogen-bond acceptors (Lipinski definition) is 2. The highest BCUT2D eigenvalue weighted by molar-refractivity contribution is 6.34. The van der Waals surface area contributed by atoms with Gasteiger partial charge >= 0.3 is 0 Å². The van der Waals surface area contributed by atoms with E-state index in [4.69, 9.17) is 16.3 Å². The molecule has 130 valence electrons. The third-order valence-electron chi connectivity index (χ3n) is 4.53. The lowest BCUT2D eigenvalue weighted by Gasteiger charge is -2.15. The molecule has 0 N–H and O–H groups in total. The summed E-state index contributed by atoms with van der Waals surface area (Å²) >= 11 is 6.17. The van der Waals surface area contributed by atoms with Crippen LogP contribution in [-0.2, 0) is 13.0 Å². The molecule has 0 atom stereocenters. The van der Waals surface area contributed by atoms with E-state index < -0.39 is 0 Å². The maximum Gasteiger partial charge on any atom is 0.256 e. The lowest BCUT2D eigenvalue weighted by atomic mass is 10.1. The van der Waals surface area contributed by atoms with Crippen LogP contribution in [0.1, 0.15) is 21.5 Å². The predicted molar refractivity (Wildman–Crippen MR) is 103 cm³/mol. The normalized spacial score (nSPS) is 13.0. The Morgan fingerprint density at radius 1 is 0.885 bits per heavy atom. The highest BCUT2D eigenvalue weighted by atomic mass is 35.5. The van der Waals surface area contributed by atoms with Crippen molar-refractivity contribution in [2.24, 2.45) is 0 Å². The molecule has 1 aliphatic rings. The number of halogens is 1. The average molecular weight is 364 g/mol. The number of ether oxygens (including phenoxy) is 1. The summed E-state index contributed by atoms with van der Waals surface area (Å²) in [6, 6.07) is 23.3. The zero-order chi connectivity index (χ0) is 17.9. The number of carbonyl (C=O) groups is 1. The van der Waals surface area contributed by atoms with Gasteiger partial charge in [0.2, 0.25) is 0 Å². The van der Waals surface area contributed by atoms with Crippen LogP contribution < -0.4 is 4.74 Å². The first kappa shape index (κ1) is 16.7. The Labute approximate surface area is 157 Å². The van der Waals surface area contributed by atoms with Gasteiger partial charge in [-0.05, 0) is 47.9 Å². The van der Waals surface area contributed by atoms with Gasteiger partial charge in [0.25, 0.3) is 5.91 Å². The summed E-state index contributed by atoms with van der Waals surface area (Å²) in [5.74, 6) is 1.64. The molecule has 0 radical (unpaired) electrons. The highest BCUT2D eigenvalue weighted by Gasteiger charge is 2.28. The zero-order valence-electron chi connectivity index (χ0n) is 14.2. The van der Waals surface area contributed by atoms with Gasteiger partial charge in [0.15, 0.2) is 0 Å². The Hall–Kier alpha value is -2.78. The Morgan fingerprint density at radius 3 is 2.35 bits per heavy atom. The van der Waals surface area contributed by atoms with Gasteiger partial charge in [0, 0.05) is 13.1 Å². The molecule has 0 saturated carbocycles. The predicted octanol–water partition coefficient (Wildman–Crippen LogP) is 5.33. The molecule has 26 heavy (non-hydrogen) atoms. The van der Waals surface area contributed by atoms with Crippen LogP contribution >= 0.6 is 11.6 Å². The van der Waals surface area contributed by atoms with Gasteiger partial charge in [0.05, 0.1) is 10.6 Å². The van der Waals surface area contributed by atoms with E-state index >= 15 is 0 Å². The maximum absolute atomic E-state index is 12.5. The van der Waals surface area contributed by atoms with E-state index in [1.54, 1.807) is 6.07 Å². The van der Waals surface area contributed by atoms with Crippen molar-refractivity contribution in [1.29, 1.82) is 0 Å². The molecule has 4 heteroatoms. The Bertz CT molecular complexity index is 923. The van der Waals surface area contributed by atoms with Crippen molar-refractivity contribution in [3.8, 4) is 11.5 Å². The van der Waals surface area contributed by atoms with Crippen LogP contribution in [0.25, 0.3) is 0 Å². The van der Waals surface area contributed by atoms with E-state index in [0.29, 0.717) is 23.7 Å². The lowest BCUT2D eigenvalue weighted by molar-refractivity contribution is 0.0780. The number of carbonyl (C=O) groups excluding carboxylic acids is 1. The Kier molecular flexibility index (Phi) is 4.63. The van der Waals surface area contributed by atoms with Crippen LogP contribution in [0.3, 0.4) is 0 Å². The fraction of sp³-hybridized carbons (Fsp3) is 0.136. The standard InChI is InChI=1S/C22H18ClNO2/c23-20-8-4-5-17-15-24(22(25)21(17)20)14-13-16-9-11-19(12-10-16)26-18-6-2-1-3-7-18/h1-12H,13-15H2. The molecule has 0 saturated heterocycles. The van der Waals surface area contributed by atoms with E-state index in [9.17, 15) is 4.79 Å². The van der Waals surface area contributed by atoms with Gasteiger partial charge in [-0.2, -0.15) is 0 Å². The summed E-state index contributed by atoms with van der Waals surface area (Å²) in [6.07, 6.45) is 0.795. The van der Waals surface area contributed by atoms with Crippen LogP contribution in [0.4, 0.5) is 0 Å². The van der Waals surface area contributed by atoms with Crippen molar-refractivity contribution >= 4 is 17.5 Å². The summed E-state index contributed by atoms with van der Waals surface area (Å²) in [6.45, 7) is 1.30. The van der Waals surface area contributed by atoms with E-state index in [1.807, 2.05) is 71.6 Å². The van der Waals surface area contributed by atoms with Crippen LogP contribution in [0.2, 0.25) is 5.02 Å². The van der Waals surface area contributed by atoms with Crippen LogP contribution in [-0.4, -0.2) is 17.4 Å². The summed E-state index contributed by atoms with van der Waals surface area (Å²) in [5.41, 5.74) is 2.83. The fourth-order valence-electron chi connectivity index (χ4n) is 3.17. The number of fused-ring (bicyclic) bond motifs is 1. The molecular weight excluding hydrogens is 346 g/mol. The third-order valence-corrected chi connectivity index (χ3v) is 4.85. The molecule has 0 fully saturated rings. The molecule has 0 unspecified atom stereocenters. The first-order valence-corrected chi connectivity index (χ1v) is 8.97. The second-order valence-corrected chi connectivity index (χ2v) is 6.72. The maximum atomic E-state index is 12.5. The Morgan fingerprint density at radius 2 is 1.62 bits per heavy atom. The van der Waals surface area contributed by atoms with Crippen molar-refractivity contribution < 1.29 is 9.53 Å². The molecule has 3 aromatic rings. The van der Waals surface area contributed by atoms with Crippen molar-refractivity contribution in [2.45, 2.75) is 13.0 Å². The minimum Gasteiger partial charge on any atom is -0.457 e. The van der Waals surface area contributed by atoms with E-state index in [0.717, 1.165) is 23.5 Å². The smallest absolute Gasteiger partial charge is 0.256 e. The fourth-order valence-corrected chi connectivity index (χ4v) is 3.44. The van der Waals surface area contributed by atoms with Crippen molar-refractivity contribution in [3.63, 3.8) is 0 Å². The number of nitrogens with zero attached hydrogens (tertiary/aromatic N) is 1. The van der Waals surface area contributed by atoms with Gasteiger partial charge in [-0.3, -0.25) is 4.79 Å². The highest BCUT2D eigenvalue weighted by Crippen LogP contribution is 2.29. The zero-order valence-corrected chi connectivity index (χ0v) is 14.9. The monoisotopic (exact) mass is 363 g/mol. The number of amides is 1. The van der Waals surface area contributed by atoms with E-state index in [-0.39, 0.29) is 5.91 Å². The van der Waals surface area contributed by atoms with Crippen molar-refractivity contribution in [1.82, 2.24) is 4.90 Å². The third kappa shape index (κ3) is 3.44. The van der Waals surface area contributed by atoms with E-state index in [1.165, 1.54) is 5.56 Å².